The molecule has 2 aromatic rings. The Morgan fingerprint density at radius 2 is 2.12 bits per heavy atom. The van der Waals surface area contributed by atoms with Gasteiger partial charge in [-0.25, -0.2) is 9.97 Å². The molecule has 0 fully saturated rings. The minimum absolute atomic E-state index is 0.190. The zero-order valence-corrected chi connectivity index (χ0v) is 10.2. The molecule has 2 aromatic heterocycles. The highest BCUT2D eigenvalue weighted by Gasteiger charge is 2.18. The summed E-state index contributed by atoms with van der Waals surface area (Å²) in [5.74, 6) is 0.934. The van der Waals surface area contributed by atoms with E-state index in [-0.39, 0.29) is 5.78 Å². The van der Waals surface area contributed by atoms with Crippen LogP contribution in [0.25, 0.3) is 10.7 Å². The summed E-state index contributed by atoms with van der Waals surface area (Å²) in [5, 5.41) is 2.01. The van der Waals surface area contributed by atoms with Crippen molar-refractivity contribution in [1.82, 2.24) is 9.97 Å². The summed E-state index contributed by atoms with van der Waals surface area (Å²) in [6.45, 7) is 0. The van der Waals surface area contributed by atoms with Crippen LogP contribution in [0.5, 0.6) is 0 Å². The number of fused-ring (bicyclic) bond motifs is 1. The van der Waals surface area contributed by atoms with Crippen LogP contribution in [0.15, 0.2) is 23.7 Å². The number of hydrogen-bond donors (Lipinski definition) is 0. The van der Waals surface area contributed by atoms with E-state index in [0.29, 0.717) is 6.42 Å². The van der Waals surface area contributed by atoms with Crippen LogP contribution >= 0.6 is 11.3 Å². The van der Waals surface area contributed by atoms with Crippen molar-refractivity contribution in [2.24, 2.45) is 0 Å². The molecule has 17 heavy (non-hydrogen) atoms. The molecule has 0 unspecified atom stereocenters. The molecule has 0 amide bonds. The van der Waals surface area contributed by atoms with Crippen molar-refractivity contribution < 1.29 is 4.79 Å². The SMILES string of the molecule is O=C1CCCCc2nc(-c3cccs3)ncc21. The number of hydrogen-bond acceptors (Lipinski definition) is 4. The molecule has 0 atom stereocenters. The summed E-state index contributed by atoms with van der Waals surface area (Å²) in [4.78, 5) is 21.7. The minimum Gasteiger partial charge on any atom is -0.294 e. The second kappa shape index (κ2) is 4.37. The topological polar surface area (TPSA) is 42.9 Å². The number of aromatic nitrogens is 2. The van der Waals surface area contributed by atoms with Crippen LogP contribution in [-0.4, -0.2) is 15.8 Å². The monoisotopic (exact) mass is 244 g/mol. The molecule has 2 heterocycles. The Hall–Kier alpha value is -1.55. The number of rotatable bonds is 1. The van der Waals surface area contributed by atoms with Gasteiger partial charge < -0.3 is 0 Å². The van der Waals surface area contributed by atoms with E-state index in [0.717, 1.165) is 41.2 Å². The number of carbonyl (C=O) groups excluding carboxylic acids is 1. The third-order valence-corrected chi connectivity index (χ3v) is 3.84. The number of nitrogens with zero attached hydrogens (tertiary/aromatic N) is 2. The van der Waals surface area contributed by atoms with Crippen LogP contribution in [0, 0.1) is 0 Å². The van der Waals surface area contributed by atoms with Gasteiger partial charge in [-0.1, -0.05) is 6.07 Å². The van der Waals surface area contributed by atoms with E-state index in [2.05, 4.69) is 9.97 Å². The fraction of sp³-hybridized carbons (Fsp3) is 0.308. The zero-order valence-electron chi connectivity index (χ0n) is 9.35. The first kappa shape index (κ1) is 10.6. The molecule has 1 aliphatic rings. The van der Waals surface area contributed by atoms with Gasteiger partial charge in [0.25, 0.3) is 0 Å². The van der Waals surface area contributed by atoms with Gasteiger partial charge in [0.15, 0.2) is 11.6 Å². The van der Waals surface area contributed by atoms with Gasteiger partial charge >= 0.3 is 0 Å². The van der Waals surface area contributed by atoms with Crippen LogP contribution < -0.4 is 0 Å². The standard InChI is InChI=1S/C13H12N2OS/c16-11-5-2-1-4-10-9(11)8-14-13(15-10)12-6-3-7-17-12/h3,6-8H,1-2,4-5H2. The number of thiophene rings is 1. The molecule has 3 rings (SSSR count). The average Bonchev–Trinajstić information content (AvgIpc) is 2.82. The molecule has 0 radical (unpaired) electrons. The van der Waals surface area contributed by atoms with Crippen molar-refractivity contribution in [2.75, 3.05) is 0 Å². The van der Waals surface area contributed by atoms with Crippen molar-refractivity contribution in [3.8, 4) is 10.7 Å². The summed E-state index contributed by atoms with van der Waals surface area (Å²) in [7, 11) is 0. The second-order valence-corrected chi connectivity index (χ2v) is 5.11. The maximum atomic E-state index is 11.8. The summed E-state index contributed by atoms with van der Waals surface area (Å²) >= 11 is 1.62. The lowest BCUT2D eigenvalue weighted by atomic mass is 10.1. The largest absolute Gasteiger partial charge is 0.294 e. The average molecular weight is 244 g/mol. The highest BCUT2D eigenvalue weighted by Crippen LogP contribution is 2.24. The van der Waals surface area contributed by atoms with Crippen molar-refractivity contribution in [1.29, 1.82) is 0 Å². The van der Waals surface area contributed by atoms with Gasteiger partial charge in [-0.15, -0.1) is 11.3 Å². The predicted octanol–water partition coefficient (Wildman–Crippen LogP) is 3.11. The van der Waals surface area contributed by atoms with Crippen molar-refractivity contribution in [2.45, 2.75) is 25.7 Å². The Morgan fingerprint density at radius 1 is 1.24 bits per heavy atom. The van der Waals surface area contributed by atoms with E-state index >= 15 is 0 Å². The molecule has 0 aromatic carbocycles. The smallest absolute Gasteiger partial charge is 0.169 e. The summed E-state index contributed by atoms with van der Waals surface area (Å²) in [6.07, 6.45) is 5.23. The molecule has 0 aliphatic heterocycles. The second-order valence-electron chi connectivity index (χ2n) is 4.16. The number of ketones is 1. The van der Waals surface area contributed by atoms with Gasteiger partial charge in [0.1, 0.15) is 0 Å². The highest BCUT2D eigenvalue weighted by molar-refractivity contribution is 7.13. The summed E-state index contributed by atoms with van der Waals surface area (Å²) in [6, 6.07) is 3.99. The lowest BCUT2D eigenvalue weighted by Crippen LogP contribution is -2.04. The van der Waals surface area contributed by atoms with Gasteiger partial charge in [-0.3, -0.25) is 4.79 Å². The highest BCUT2D eigenvalue weighted by atomic mass is 32.1. The Labute approximate surface area is 104 Å². The molecular weight excluding hydrogens is 232 g/mol. The van der Waals surface area contributed by atoms with Gasteiger partial charge in [-0.05, 0) is 30.7 Å². The van der Waals surface area contributed by atoms with Crippen LogP contribution in [0.2, 0.25) is 0 Å². The number of carbonyl (C=O) groups is 1. The van der Waals surface area contributed by atoms with Crippen LogP contribution in [0.1, 0.15) is 35.3 Å². The Morgan fingerprint density at radius 3 is 2.94 bits per heavy atom. The van der Waals surface area contributed by atoms with Gasteiger partial charge in [0, 0.05) is 12.6 Å². The Bertz CT molecular complexity index is 549. The van der Waals surface area contributed by atoms with Crippen molar-refractivity contribution >= 4 is 17.1 Å². The lowest BCUT2D eigenvalue weighted by Gasteiger charge is -2.04. The van der Waals surface area contributed by atoms with E-state index in [1.165, 1.54) is 0 Å². The van der Waals surface area contributed by atoms with Crippen molar-refractivity contribution in [3.63, 3.8) is 0 Å². The van der Waals surface area contributed by atoms with E-state index in [1.807, 2.05) is 17.5 Å². The van der Waals surface area contributed by atoms with Crippen molar-refractivity contribution in [3.05, 3.63) is 35.0 Å². The molecule has 3 nitrogen and oxygen atoms in total. The Balaban J connectivity index is 2.06. The van der Waals surface area contributed by atoms with E-state index < -0.39 is 0 Å². The number of aryl methyl sites for hydroxylation is 1. The molecule has 0 spiro atoms. The normalized spacial score (nSPS) is 15.4. The van der Waals surface area contributed by atoms with Gasteiger partial charge in [-0.2, -0.15) is 0 Å². The third-order valence-electron chi connectivity index (χ3n) is 2.98. The first-order valence-electron chi connectivity index (χ1n) is 5.77. The molecule has 0 saturated heterocycles. The molecule has 0 bridgehead atoms. The molecule has 0 saturated carbocycles. The lowest BCUT2D eigenvalue weighted by molar-refractivity contribution is 0.0981. The number of Topliss-reactive ketones (excluding diaryl/α,β-unsaturated/α-hetero) is 1. The van der Waals surface area contributed by atoms with Crippen LogP contribution in [-0.2, 0) is 6.42 Å². The minimum atomic E-state index is 0.190. The quantitative estimate of drug-likeness (QED) is 0.724. The first-order valence-corrected chi connectivity index (χ1v) is 6.65. The summed E-state index contributed by atoms with van der Waals surface area (Å²) in [5.41, 5.74) is 1.65. The maximum absolute atomic E-state index is 11.8. The van der Waals surface area contributed by atoms with Gasteiger partial charge in [0.05, 0.1) is 16.1 Å². The maximum Gasteiger partial charge on any atom is 0.169 e. The third kappa shape index (κ3) is 2.00. The van der Waals surface area contributed by atoms with E-state index in [9.17, 15) is 4.79 Å². The molecule has 4 heteroatoms. The first-order chi connectivity index (χ1) is 8.34. The fourth-order valence-corrected chi connectivity index (χ4v) is 2.74. The molecular formula is C13H12N2OS. The Kier molecular flexibility index (Phi) is 2.73. The molecule has 1 aliphatic carbocycles. The molecule has 0 N–H and O–H groups in total. The zero-order chi connectivity index (χ0) is 11.7. The van der Waals surface area contributed by atoms with Crippen LogP contribution in [0.4, 0.5) is 0 Å². The van der Waals surface area contributed by atoms with Crippen LogP contribution in [0.3, 0.4) is 0 Å². The fourth-order valence-electron chi connectivity index (χ4n) is 2.08. The van der Waals surface area contributed by atoms with E-state index in [1.54, 1.807) is 17.5 Å². The van der Waals surface area contributed by atoms with Gasteiger partial charge in [0.2, 0.25) is 0 Å². The summed E-state index contributed by atoms with van der Waals surface area (Å²) < 4.78 is 0. The molecule has 86 valence electrons. The van der Waals surface area contributed by atoms with E-state index in [4.69, 9.17) is 0 Å². The predicted molar refractivity (Wildman–Crippen MR) is 67.2 cm³/mol.